The minimum Gasteiger partial charge on any atom is -0.493 e. The van der Waals surface area contributed by atoms with Crippen molar-refractivity contribution in [2.75, 3.05) is 59.0 Å². The lowest BCUT2D eigenvalue weighted by Crippen LogP contribution is -2.47. The Kier molecular flexibility index (Phi) is 13.4. The van der Waals surface area contributed by atoms with Gasteiger partial charge >= 0.3 is 0 Å². The molecule has 1 unspecified atom stereocenters. The van der Waals surface area contributed by atoms with E-state index >= 15 is 0 Å². The molecule has 0 amide bonds. The fourth-order valence-electron chi connectivity index (χ4n) is 3.36. The van der Waals surface area contributed by atoms with Gasteiger partial charge in [0.05, 0.1) is 19.2 Å². The van der Waals surface area contributed by atoms with Crippen LogP contribution in [0.5, 0.6) is 5.75 Å². The first kappa shape index (κ1) is 27.0. The van der Waals surface area contributed by atoms with E-state index < -0.39 is 0 Å². The summed E-state index contributed by atoms with van der Waals surface area (Å²) in [5, 5.41) is 6.90. The van der Waals surface area contributed by atoms with Crippen LogP contribution in [0.3, 0.4) is 0 Å². The molecule has 0 aliphatic carbocycles. The zero-order valence-corrected chi connectivity index (χ0v) is 21.8. The van der Waals surface area contributed by atoms with Crippen molar-refractivity contribution in [3.05, 3.63) is 29.8 Å². The summed E-state index contributed by atoms with van der Waals surface area (Å²) in [6.45, 7) is 20.1. The number of guanidine groups is 1. The molecule has 1 heterocycles. The SMILES string of the molecule is CCNC(=NCCN1CCN(CC)CC1)NC(C)c1ccc(OCC(C)C)cc1.I. The van der Waals surface area contributed by atoms with Crippen LogP contribution in [0.2, 0.25) is 0 Å². The van der Waals surface area contributed by atoms with E-state index in [-0.39, 0.29) is 30.0 Å². The summed E-state index contributed by atoms with van der Waals surface area (Å²) in [6.07, 6.45) is 0. The Morgan fingerprint density at radius 1 is 1.03 bits per heavy atom. The number of nitrogens with zero attached hydrogens (tertiary/aromatic N) is 3. The highest BCUT2D eigenvalue weighted by Crippen LogP contribution is 2.18. The van der Waals surface area contributed by atoms with Crippen molar-refractivity contribution in [1.82, 2.24) is 20.4 Å². The number of likely N-dealkylation sites (N-methyl/N-ethyl adjacent to an activating group) is 1. The lowest BCUT2D eigenvalue weighted by atomic mass is 10.1. The lowest BCUT2D eigenvalue weighted by Gasteiger charge is -2.33. The predicted octanol–water partition coefficient (Wildman–Crippen LogP) is 3.59. The third kappa shape index (κ3) is 9.83. The van der Waals surface area contributed by atoms with Gasteiger partial charge in [0.15, 0.2) is 5.96 Å². The standard InChI is InChI=1S/C23H41N5O.HI/c1-6-24-23(25-12-13-28-16-14-27(7-2)15-17-28)26-20(5)21-8-10-22(11-9-21)29-18-19(3)4;/h8-11,19-20H,6-7,12-18H2,1-5H3,(H2,24,25,26);1H. The number of rotatable bonds is 10. The van der Waals surface area contributed by atoms with Gasteiger partial charge in [-0.2, -0.15) is 0 Å². The average Bonchev–Trinajstić information content (AvgIpc) is 2.73. The third-order valence-electron chi connectivity index (χ3n) is 5.26. The van der Waals surface area contributed by atoms with Crippen molar-refractivity contribution < 1.29 is 4.74 Å². The second-order valence-corrected chi connectivity index (χ2v) is 8.18. The van der Waals surface area contributed by atoms with Crippen LogP contribution in [0.4, 0.5) is 0 Å². The molecule has 1 fully saturated rings. The van der Waals surface area contributed by atoms with Crippen molar-refractivity contribution >= 4 is 29.9 Å². The number of nitrogens with one attached hydrogen (secondary N) is 2. The van der Waals surface area contributed by atoms with E-state index in [0.717, 1.165) is 57.6 Å². The fourth-order valence-corrected chi connectivity index (χ4v) is 3.36. The molecule has 1 aromatic rings. The van der Waals surface area contributed by atoms with Crippen LogP contribution in [0.15, 0.2) is 29.3 Å². The molecule has 0 spiro atoms. The molecule has 1 atom stereocenters. The van der Waals surface area contributed by atoms with Crippen molar-refractivity contribution in [1.29, 1.82) is 0 Å². The number of benzene rings is 1. The molecule has 172 valence electrons. The Morgan fingerprint density at radius 3 is 2.23 bits per heavy atom. The molecule has 1 saturated heterocycles. The molecule has 2 rings (SSSR count). The zero-order valence-electron chi connectivity index (χ0n) is 19.5. The Hall–Kier alpha value is -1.06. The molecule has 2 N–H and O–H groups in total. The van der Waals surface area contributed by atoms with Gasteiger partial charge in [-0.15, -0.1) is 24.0 Å². The highest BCUT2D eigenvalue weighted by Gasteiger charge is 2.15. The fraction of sp³-hybridized carbons (Fsp3) is 0.696. The molecule has 30 heavy (non-hydrogen) atoms. The zero-order chi connectivity index (χ0) is 21.1. The molecule has 0 radical (unpaired) electrons. The van der Waals surface area contributed by atoms with E-state index in [0.29, 0.717) is 5.92 Å². The van der Waals surface area contributed by atoms with Crippen LogP contribution < -0.4 is 15.4 Å². The minimum absolute atomic E-state index is 0. The number of halogens is 1. The molecule has 0 saturated carbocycles. The molecule has 0 bridgehead atoms. The van der Waals surface area contributed by atoms with Crippen LogP contribution in [0, 0.1) is 5.92 Å². The van der Waals surface area contributed by atoms with Crippen LogP contribution in [-0.4, -0.2) is 74.7 Å². The molecule has 1 aliphatic heterocycles. The van der Waals surface area contributed by atoms with E-state index in [4.69, 9.17) is 9.73 Å². The molecular formula is C23H42IN5O. The molecule has 7 heteroatoms. The number of hydrogen-bond acceptors (Lipinski definition) is 4. The third-order valence-corrected chi connectivity index (χ3v) is 5.26. The summed E-state index contributed by atoms with van der Waals surface area (Å²) in [5.74, 6) is 2.34. The molecular weight excluding hydrogens is 489 g/mol. The van der Waals surface area contributed by atoms with E-state index in [1.54, 1.807) is 0 Å². The van der Waals surface area contributed by atoms with E-state index in [1.807, 2.05) is 0 Å². The topological polar surface area (TPSA) is 52.1 Å². The maximum atomic E-state index is 5.78. The smallest absolute Gasteiger partial charge is 0.191 e. The summed E-state index contributed by atoms with van der Waals surface area (Å²) in [4.78, 5) is 9.81. The quantitative estimate of drug-likeness (QED) is 0.275. The second-order valence-electron chi connectivity index (χ2n) is 8.18. The van der Waals surface area contributed by atoms with Crippen molar-refractivity contribution in [2.24, 2.45) is 10.9 Å². The highest BCUT2D eigenvalue weighted by atomic mass is 127. The number of ether oxygens (including phenoxy) is 1. The Bertz CT molecular complexity index is 600. The largest absolute Gasteiger partial charge is 0.493 e. The summed E-state index contributed by atoms with van der Waals surface area (Å²) >= 11 is 0. The second kappa shape index (κ2) is 14.9. The first-order valence-electron chi connectivity index (χ1n) is 11.2. The van der Waals surface area contributed by atoms with Crippen LogP contribution in [0.25, 0.3) is 0 Å². The summed E-state index contributed by atoms with van der Waals surface area (Å²) in [6, 6.07) is 8.54. The van der Waals surface area contributed by atoms with Gasteiger partial charge in [-0.1, -0.05) is 32.9 Å². The maximum absolute atomic E-state index is 5.78. The molecule has 1 aliphatic rings. The van der Waals surface area contributed by atoms with Gasteiger partial charge in [0, 0.05) is 39.3 Å². The van der Waals surface area contributed by atoms with Crippen LogP contribution >= 0.6 is 24.0 Å². The molecule has 6 nitrogen and oxygen atoms in total. The number of piperazine rings is 1. The van der Waals surface area contributed by atoms with E-state index in [9.17, 15) is 0 Å². The Balaban J connectivity index is 0.00000450. The van der Waals surface area contributed by atoms with E-state index in [1.165, 1.54) is 18.7 Å². The lowest BCUT2D eigenvalue weighted by molar-refractivity contribution is 0.140. The minimum atomic E-state index is 0. The summed E-state index contributed by atoms with van der Waals surface area (Å²) in [5.41, 5.74) is 1.23. The van der Waals surface area contributed by atoms with Gasteiger partial charge in [-0.3, -0.25) is 9.89 Å². The van der Waals surface area contributed by atoms with Gasteiger partial charge in [-0.05, 0) is 44.0 Å². The van der Waals surface area contributed by atoms with Gasteiger partial charge in [0.25, 0.3) is 0 Å². The highest BCUT2D eigenvalue weighted by molar-refractivity contribution is 14.0. The average molecular weight is 532 g/mol. The molecule has 1 aromatic carbocycles. The normalized spacial score (nSPS) is 16.8. The number of hydrogen-bond donors (Lipinski definition) is 2. The van der Waals surface area contributed by atoms with Crippen LogP contribution in [-0.2, 0) is 0 Å². The van der Waals surface area contributed by atoms with Crippen molar-refractivity contribution in [3.8, 4) is 5.75 Å². The summed E-state index contributed by atoms with van der Waals surface area (Å²) in [7, 11) is 0. The van der Waals surface area contributed by atoms with Crippen molar-refractivity contribution in [3.63, 3.8) is 0 Å². The molecule has 0 aromatic heterocycles. The van der Waals surface area contributed by atoms with Gasteiger partial charge in [0.1, 0.15) is 5.75 Å². The predicted molar refractivity (Wildman–Crippen MR) is 138 cm³/mol. The van der Waals surface area contributed by atoms with Gasteiger partial charge < -0.3 is 20.3 Å². The number of aliphatic imine (C=N–C) groups is 1. The van der Waals surface area contributed by atoms with Crippen molar-refractivity contribution in [2.45, 2.75) is 40.7 Å². The van der Waals surface area contributed by atoms with E-state index in [2.05, 4.69) is 79.3 Å². The van der Waals surface area contributed by atoms with Gasteiger partial charge in [0.2, 0.25) is 0 Å². The Labute approximate surface area is 200 Å². The first-order chi connectivity index (χ1) is 14.0. The summed E-state index contributed by atoms with van der Waals surface area (Å²) < 4.78 is 5.78. The van der Waals surface area contributed by atoms with Gasteiger partial charge in [-0.25, -0.2) is 0 Å². The first-order valence-corrected chi connectivity index (χ1v) is 11.2. The Morgan fingerprint density at radius 2 is 1.67 bits per heavy atom. The van der Waals surface area contributed by atoms with Crippen LogP contribution in [0.1, 0.15) is 46.2 Å². The monoisotopic (exact) mass is 531 g/mol. The maximum Gasteiger partial charge on any atom is 0.191 e.